The third-order valence-electron chi connectivity index (χ3n) is 3.68. The Morgan fingerprint density at radius 3 is 2.28 bits per heavy atom. The molecule has 0 fully saturated rings. The van der Waals surface area contributed by atoms with E-state index in [1.54, 1.807) is 0 Å². The highest BCUT2D eigenvalue weighted by atomic mass is 35.5. The van der Waals surface area contributed by atoms with Gasteiger partial charge in [0.15, 0.2) is 0 Å². The molecule has 2 amide bonds. The molecule has 5 nitrogen and oxygen atoms in total. The largest absolute Gasteiger partial charge is 0.399 e. The van der Waals surface area contributed by atoms with Crippen molar-refractivity contribution in [2.45, 2.75) is 25.8 Å². The Labute approximate surface area is 154 Å². The Morgan fingerprint density at radius 2 is 1.68 bits per heavy atom. The van der Waals surface area contributed by atoms with E-state index in [9.17, 15) is 9.59 Å². The van der Waals surface area contributed by atoms with Gasteiger partial charge in [0.25, 0.3) is 0 Å². The lowest BCUT2D eigenvalue weighted by molar-refractivity contribution is -0.122. The first-order chi connectivity index (χ1) is 11.5. The number of carbonyl (C=O) groups is 2. The zero-order chi connectivity index (χ0) is 17.4. The molecule has 1 atom stereocenters. The maximum Gasteiger partial charge on any atom is 0.222 e. The molecule has 2 aromatic rings. The van der Waals surface area contributed by atoms with Crippen LogP contribution < -0.4 is 16.4 Å². The molecule has 2 aromatic carbocycles. The molecule has 0 saturated heterocycles. The maximum atomic E-state index is 12.2. The smallest absolute Gasteiger partial charge is 0.222 e. The summed E-state index contributed by atoms with van der Waals surface area (Å²) in [5.41, 5.74) is 8.41. The van der Waals surface area contributed by atoms with E-state index in [2.05, 4.69) is 10.6 Å². The van der Waals surface area contributed by atoms with Gasteiger partial charge in [0, 0.05) is 19.2 Å². The van der Waals surface area contributed by atoms with Crippen LogP contribution in [0, 0.1) is 0 Å². The summed E-state index contributed by atoms with van der Waals surface area (Å²) >= 11 is 0. The van der Waals surface area contributed by atoms with E-state index in [1.807, 2.05) is 54.6 Å². The summed E-state index contributed by atoms with van der Waals surface area (Å²) < 4.78 is 0. The molecular formula is C19H24ClN3O2. The molecule has 0 bridgehead atoms. The number of nitrogens with two attached hydrogens (primary N) is 1. The Balaban J connectivity index is 0.00000312. The molecule has 4 N–H and O–H groups in total. The number of carbonyl (C=O) groups excluding carboxylic acids is 2. The van der Waals surface area contributed by atoms with Crippen molar-refractivity contribution < 1.29 is 9.59 Å². The number of halogens is 1. The highest BCUT2D eigenvalue weighted by Crippen LogP contribution is 2.16. The van der Waals surface area contributed by atoms with Crippen molar-refractivity contribution in [2.24, 2.45) is 0 Å². The minimum absolute atomic E-state index is 0. The zero-order valence-corrected chi connectivity index (χ0v) is 15.0. The highest BCUT2D eigenvalue weighted by Gasteiger charge is 2.16. The topological polar surface area (TPSA) is 84.2 Å². The first-order valence-electron chi connectivity index (χ1n) is 7.98. The normalized spacial score (nSPS) is 11.1. The van der Waals surface area contributed by atoms with Gasteiger partial charge >= 0.3 is 0 Å². The van der Waals surface area contributed by atoms with Gasteiger partial charge in [0.1, 0.15) is 0 Å². The summed E-state index contributed by atoms with van der Waals surface area (Å²) in [5.74, 6) is -0.244. The third-order valence-corrected chi connectivity index (χ3v) is 3.68. The number of rotatable bonds is 7. The van der Waals surface area contributed by atoms with Crippen LogP contribution in [0.5, 0.6) is 0 Å². The molecule has 1 unspecified atom stereocenters. The molecule has 0 saturated carbocycles. The molecule has 25 heavy (non-hydrogen) atoms. The van der Waals surface area contributed by atoms with Crippen LogP contribution in [0.4, 0.5) is 5.69 Å². The highest BCUT2D eigenvalue weighted by molar-refractivity contribution is 5.85. The molecule has 6 heteroatoms. The lowest BCUT2D eigenvalue weighted by Gasteiger charge is -2.18. The Bertz CT molecular complexity index is 675. The van der Waals surface area contributed by atoms with Crippen LogP contribution in [0.25, 0.3) is 0 Å². The average molecular weight is 362 g/mol. The van der Waals surface area contributed by atoms with Gasteiger partial charge in [-0.05, 0) is 29.7 Å². The molecule has 134 valence electrons. The van der Waals surface area contributed by atoms with Gasteiger partial charge in [-0.2, -0.15) is 0 Å². The van der Waals surface area contributed by atoms with Crippen molar-refractivity contribution >= 4 is 29.9 Å². The predicted molar refractivity (Wildman–Crippen MR) is 102 cm³/mol. The fourth-order valence-corrected chi connectivity index (χ4v) is 2.47. The number of nitrogen functional groups attached to an aromatic ring is 1. The number of amides is 2. The molecule has 0 aliphatic rings. The van der Waals surface area contributed by atoms with Crippen LogP contribution >= 0.6 is 12.4 Å². The number of nitrogens with one attached hydrogen (secondary N) is 2. The second-order valence-corrected chi connectivity index (χ2v) is 5.71. The zero-order valence-electron chi connectivity index (χ0n) is 14.2. The minimum Gasteiger partial charge on any atom is -0.399 e. The molecule has 0 aliphatic carbocycles. The van der Waals surface area contributed by atoms with Gasteiger partial charge in [0.05, 0.1) is 12.5 Å². The van der Waals surface area contributed by atoms with Gasteiger partial charge in [-0.1, -0.05) is 42.5 Å². The summed E-state index contributed by atoms with van der Waals surface area (Å²) in [6, 6.07) is 16.8. The summed E-state index contributed by atoms with van der Waals surface area (Å²) in [4.78, 5) is 23.6. The Kier molecular flexibility index (Phi) is 8.50. The van der Waals surface area contributed by atoms with E-state index in [0.29, 0.717) is 6.54 Å². The summed E-state index contributed by atoms with van der Waals surface area (Å²) in [5, 5.41) is 5.73. The van der Waals surface area contributed by atoms with E-state index in [1.165, 1.54) is 6.92 Å². The van der Waals surface area contributed by atoms with Crippen molar-refractivity contribution in [3.05, 3.63) is 65.7 Å². The second-order valence-electron chi connectivity index (χ2n) is 5.71. The van der Waals surface area contributed by atoms with Gasteiger partial charge < -0.3 is 16.4 Å². The SMILES string of the molecule is CC(=O)NC(CC(=O)NCCc1ccc(N)cc1)c1ccccc1.Cl. The van der Waals surface area contributed by atoms with Crippen LogP contribution in [0.1, 0.15) is 30.5 Å². The molecule has 0 spiro atoms. The molecule has 2 rings (SSSR count). The Morgan fingerprint density at radius 1 is 1.04 bits per heavy atom. The van der Waals surface area contributed by atoms with E-state index in [0.717, 1.165) is 23.2 Å². The van der Waals surface area contributed by atoms with Crippen LogP contribution in [0.3, 0.4) is 0 Å². The van der Waals surface area contributed by atoms with Crippen molar-refractivity contribution in [2.75, 3.05) is 12.3 Å². The van der Waals surface area contributed by atoms with Gasteiger partial charge in [-0.15, -0.1) is 12.4 Å². The van der Waals surface area contributed by atoms with Crippen molar-refractivity contribution in [1.29, 1.82) is 0 Å². The number of anilines is 1. The molecule has 0 heterocycles. The lowest BCUT2D eigenvalue weighted by Crippen LogP contribution is -2.33. The van der Waals surface area contributed by atoms with E-state index >= 15 is 0 Å². The third kappa shape index (κ3) is 7.27. The summed E-state index contributed by atoms with van der Waals surface area (Å²) in [6.07, 6.45) is 0.952. The minimum atomic E-state index is -0.319. The van der Waals surface area contributed by atoms with Crippen LogP contribution in [0.2, 0.25) is 0 Å². The molecule has 0 aromatic heterocycles. The molecular weight excluding hydrogens is 338 g/mol. The first-order valence-corrected chi connectivity index (χ1v) is 7.98. The second kappa shape index (κ2) is 10.4. The van der Waals surface area contributed by atoms with Crippen LogP contribution in [0.15, 0.2) is 54.6 Å². The van der Waals surface area contributed by atoms with Crippen molar-refractivity contribution in [1.82, 2.24) is 10.6 Å². The summed E-state index contributed by atoms with van der Waals surface area (Å²) in [7, 11) is 0. The van der Waals surface area contributed by atoms with E-state index in [-0.39, 0.29) is 36.7 Å². The quantitative estimate of drug-likeness (QED) is 0.663. The average Bonchev–Trinajstić information content (AvgIpc) is 2.56. The van der Waals surface area contributed by atoms with Gasteiger partial charge in [-0.3, -0.25) is 9.59 Å². The van der Waals surface area contributed by atoms with Gasteiger partial charge in [0.2, 0.25) is 11.8 Å². The maximum absolute atomic E-state index is 12.2. The molecule has 0 aliphatic heterocycles. The monoisotopic (exact) mass is 361 g/mol. The van der Waals surface area contributed by atoms with Crippen molar-refractivity contribution in [3.63, 3.8) is 0 Å². The fraction of sp³-hybridized carbons (Fsp3) is 0.263. The van der Waals surface area contributed by atoms with Crippen LogP contribution in [-0.2, 0) is 16.0 Å². The first kappa shape index (κ1) is 20.5. The van der Waals surface area contributed by atoms with Crippen molar-refractivity contribution in [3.8, 4) is 0 Å². The Hall–Kier alpha value is -2.53. The van der Waals surface area contributed by atoms with E-state index in [4.69, 9.17) is 5.73 Å². The van der Waals surface area contributed by atoms with E-state index < -0.39 is 0 Å². The number of hydrogen-bond acceptors (Lipinski definition) is 3. The molecule has 0 radical (unpaired) electrons. The standard InChI is InChI=1S/C19H23N3O2.ClH/c1-14(23)22-18(16-5-3-2-4-6-16)13-19(24)21-12-11-15-7-9-17(20)10-8-15;/h2-10,18H,11-13,20H2,1H3,(H,21,24)(H,22,23);1H. The predicted octanol–water partition coefficient (Wildman–Crippen LogP) is 2.62. The number of benzene rings is 2. The lowest BCUT2D eigenvalue weighted by atomic mass is 10.0. The summed E-state index contributed by atoms with van der Waals surface area (Å²) in [6.45, 7) is 2.00. The fourth-order valence-electron chi connectivity index (χ4n) is 2.47. The van der Waals surface area contributed by atoms with Crippen LogP contribution in [-0.4, -0.2) is 18.4 Å². The number of hydrogen-bond donors (Lipinski definition) is 3. The van der Waals surface area contributed by atoms with Gasteiger partial charge in [-0.25, -0.2) is 0 Å².